The Bertz CT molecular complexity index is 805. The molecule has 1 aliphatic rings. The largest absolute Gasteiger partial charge is 0.366 e. The normalized spacial score (nSPS) is 15.4. The van der Waals surface area contributed by atoms with Crippen molar-refractivity contribution in [2.24, 2.45) is 0 Å². The van der Waals surface area contributed by atoms with Gasteiger partial charge in [0.25, 0.3) is 0 Å². The molecule has 1 aromatic carbocycles. The highest BCUT2D eigenvalue weighted by Crippen LogP contribution is 2.34. The smallest absolute Gasteiger partial charge is 0.107 e. The van der Waals surface area contributed by atoms with Crippen LogP contribution in [0.5, 0.6) is 0 Å². The van der Waals surface area contributed by atoms with Crippen molar-refractivity contribution < 1.29 is 0 Å². The van der Waals surface area contributed by atoms with E-state index in [4.69, 9.17) is 11.6 Å². The van der Waals surface area contributed by atoms with Crippen molar-refractivity contribution in [3.63, 3.8) is 0 Å². The van der Waals surface area contributed by atoms with Crippen molar-refractivity contribution >= 4 is 28.3 Å². The van der Waals surface area contributed by atoms with E-state index in [2.05, 4.69) is 44.6 Å². The lowest BCUT2D eigenvalue weighted by molar-refractivity contribution is 0.402. The number of halogens is 1. The number of hydrogen-bond acceptors (Lipinski definition) is 3. The molecule has 1 aliphatic heterocycles. The molecule has 3 aromatic rings. The predicted molar refractivity (Wildman–Crippen MR) is 85.0 cm³/mol. The molecule has 0 amide bonds. The number of pyridine rings is 1. The maximum atomic E-state index is 6.21. The summed E-state index contributed by atoms with van der Waals surface area (Å²) >= 11 is 6.21. The Hall–Kier alpha value is -2.07. The summed E-state index contributed by atoms with van der Waals surface area (Å²) in [6.07, 6.45) is 3.48. The van der Waals surface area contributed by atoms with Crippen LogP contribution in [0.4, 0.5) is 5.69 Å². The second-order valence-electron chi connectivity index (χ2n) is 5.40. The Morgan fingerprint density at radius 2 is 2.00 bits per heavy atom. The average molecular weight is 299 g/mol. The van der Waals surface area contributed by atoms with E-state index in [-0.39, 0.29) is 0 Å². The van der Waals surface area contributed by atoms with Crippen LogP contribution in [-0.4, -0.2) is 27.6 Å². The van der Waals surface area contributed by atoms with Crippen LogP contribution in [0.1, 0.15) is 11.9 Å². The molecular weight excluding hydrogens is 284 g/mol. The van der Waals surface area contributed by atoms with Crippen LogP contribution in [0.25, 0.3) is 11.0 Å². The summed E-state index contributed by atoms with van der Waals surface area (Å²) in [5.41, 5.74) is 3.33. The molecule has 0 aliphatic carbocycles. The van der Waals surface area contributed by atoms with E-state index < -0.39 is 0 Å². The summed E-state index contributed by atoms with van der Waals surface area (Å²) in [6.45, 7) is 3.97. The number of imidazole rings is 1. The Morgan fingerprint density at radius 1 is 1.19 bits per heavy atom. The van der Waals surface area contributed by atoms with E-state index in [0.717, 1.165) is 30.1 Å². The third-order valence-corrected chi connectivity index (χ3v) is 4.38. The number of nitrogens with zero attached hydrogens (tertiary/aromatic N) is 4. The van der Waals surface area contributed by atoms with Gasteiger partial charge in [-0.25, -0.2) is 4.98 Å². The zero-order valence-corrected chi connectivity index (χ0v) is 12.5. The number of fused-ring (bicyclic) bond motifs is 1. The van der Waals surface area contributed by atoms with Crippen molar-refractivity contribution in [3.05, 3.63) is 53.6 Å². The van der Waals surface area contributed by atoms with Gasteiger partial charge in [0, 0.05) is 25.5 Å². The van der Waals surface area contributed by atoms with Crippen LogP contribution in [0.15, 0.2) is 42.7 Å². The van der Waals surface area contributed by atoms with Gasteiger partial charge in [0.15, 0.2) is 0 Å². The summed E-state index contributed by atoms with van der Waals surface area (Å²) < 4.78 is 2.33. The highest BCUT2D eigenvalue weighted by Gasteiger charge is 2.31. The average Bonchev–Trinajstić information content (AvgIpc) is 2.76. The highest BCUT2D eigenvalue weighted by molar-refractivity contribution is 6.33. The molecule has 0 unspecified atom stereocenters. The van der Waals surface area contributed by atoms with Crippen LogP contribution in [0, 0.1) is 6.92 Å². The van der Waals surface area contributed by atoms with Gasteiger partial charge in [-0.2, -0.15) is 0 Å². The Labute approximate surface area is 128 Å². The molecule has 2 aromatic heterocycles. The number of benzene rings is 1. The third-order valence-electron chi connectivity index (χ3n) is 4.09. The quantitative estimate of drug-likeness (QED) is 0.726. The lowest BCUT2D eigenvalue weighted by Crippen LogP contribution is -2.48. The molecule has 0 radical (unpaired) electrons. The molecule has 0 N–H and O–H groups in total. The second-order valence-corrected chi connectivity index (χ2v) is 5.81. The minimum absolute atomic E-state index is 0.446. The molecule has 3 heterocycles. The lowest BCUT2D eigenvalue weighted by atomic mass is 10.1. The fourth-order valence-corrected chi connectivity index (χ4v) is 3.30. The zero-order chi connectivity index (χ0) is 14.4. The SMILES string of the molecule is Cc1nc2ccccc2n1C1CN(c2ccncc2Cl)C1. The van der Waals surface area contributed by atoms with Gasteiger partial charge in [0.05, 0.1) is 27.8 Å². The number of para-hydroxylation sites is 2. The molecule has 106 valence electrons. The molecule has 4 rings (SSSR count). The summed E-state index contributed by atoms with van der Waals surface area (Å²) in [6, 6.07) is 10.7. The minimum Gasteiger partial charge on any atom is -0.366 e. The van der Waals surface area contributed by atoms with E-state index in [1.807, 2.05) is 12.1 Å². The van der Waals surface area contributed by atoms with Gasteiger partial charge in [0.1, 0.15) is 5.82 Å². The first kappa shape index (κ1) is 12.7. The first-order chi connectivity index (χ1) is 10.2. The van der Waals surface area contributed by atoms with Crippen molar-refractivity contribution in [2.75, 3.05) is 18.0 Å². The molecule has 4 nitrogen and oxygen atoms in total. The Kier molecular flexibility index (Phi) is 2.86. The van der Waals surface area contributed by atoms with Crippen LogP contribution >= 0.6 is 11.6 Å². The maximum Gasteiger partial charge on any atom is 0.107 e. The fraction of sp³-hybridized carbons (Fsp3) is 0.250. The Balaban J connectivity index is 1.63. The molecule has 0 spiro atoms. The molecule has 0 bridgehead atoms. The molecule has 1 fully saturated rings. The monoisotopic (exact) mass is 298 g/mol. The summed E-state index contributed by atoms with van der Waals surface area (Å²) in [5.74, 6) is 1.07. The Morgan fingerprint density at radius 3 is 2.81 bits per heavy atom. The predicted octanol–water partition coefficient (Wildman–Crippen LogP) is 3.45. The summed E-state index contributed by atoms with van der Waals surface area (Å²) in [4.78, 5) is 11.0. The first-order valence-electron chi connectivity index (χ1n) is 7.02. The number of hydrogen-bond donors (Lipinski definition) is 0. The van der Waals surface area contributed by atoms with Gasteiger partial charge in [-0.05, 0) is 25.1 Å². The topological polar surface area (TPSA) is 34.0 Å². The van der Waals surface area contributed by atoms with E-state index >= 15 is 0 Å². The molecule has 0 atom stereocenters. The standard InChI is InChI=1S/C16H15ClN4/c1-11-19-14-4-2-3-5-16(14)21(11)12-9-20(10-12)15-6-7-18-8-13(15)17/h2-8,12H,9-10H2,1H3. The molecule has 21 heavy (non-hydrogen) atoms. The highest BCUT2D eigenvalue weighted by atomic mass is 35.5. The minimum atomic E-state index is 0.446. The third kappa shape index (κ3) is 1.98. The van der Waals surface area contributed by atoms with Gasteiger partial charge in [-0.15, -0.1) is 0 Å². The van der Waals surface area contributed by atoms with Gasteiger partial charge in [-0.1, -0.05) is 23.7 Å². The maximum absolute atomic E-state index is 6.21. The van der Waals surface area contributed by atoms with Crippen molar-refractivity contribution in [1.29, 1.82) is 0 Å². The van der Waals surface area contributed by atoms with Gasteiger partial charge in [0.2, 0.25) is 0 Å². The molecule has 5 heteroatoms. The van der Waals surface area contributed by atoms with Crippen molar-refractivity contribution in [2.45, 2.75) is 13.0 Å². The first-order valence-corrected chi connectivity index (χ1v) is 7.40. The van der Waals surface area contributed by atoms with Gasteiger partial charge < -0.3 is 9.47 Å². The summed E-state index contributed by atoms with van der Waals surface area (Å²) in [7, 11) is 0. The number of aromatic nitrogens is 3. The van der Waals surface area contributed by atoms with Gasteiger partial charge in [-0.3, -0.25) is 4.98 Å². The van der Waals surface area contributed by atoms with Crippen LogP contribution in [-0.2, 0) is 0 Å². The summed E-state index contributed by atoms with van der Waals surface area (Å²) in [5, 5.41) is 0.711. The molecular formula is C16H15ClN4. The van der Waals surface area contributed by atoms with E-state index in [9.17, 15) is 0 Å². The van der Waals surface area contributed by atoms with Crippen LogP contribution < -0.4 is 4.90 Å². The van der Waals surface area contributed by atoms with E-state index in [1.165, 1.54) is 5.52 Å². The second kappa shape index (κ2) is 4.74. The zero-order valence-electron chi connectivity index (χ0n) is 11.7. The van der Waals surface area contributed by atoms with Crippen molar-refractivity contribution in [1.82, 2.24) is 14.5 Å². The molecule has 0 saturated carbocycles. The van der Waals surface area contributed by atoms with E-state index in [0.29, 0.717) is 11.1 Å². The number of aryl methyl sites for hydroxylation is 1. The number of rotatable bonds is 2. The number of anilines is 1. The lowest BCUT2D eigenvalue weighted by Gasteiger charge is -2.42. The van der Waals surface area contributed by atoms with Gasteiger partial charge >= 0.3 is 0 Å². The van der Waals surface area contributed by atoms with E-state index in [1.54, 1.807) is 12.4 Å². The fourth-order valence-electron chi connectivity index (χ4n) is 3.07. The van der Waals surface area contributed by atoms with Crippen molar-refractivity contribution in [3.8, 4) is 0 Å². The van der Waals surface area contributed by atoms with Crippen LogP contribution in [0.3, 0.4) is 0 Å². The molecule has 1 saturated heterocycles. The van der Waals surface area contributed by atoms with Crippen LogP contribution in [0.2, 0.25) is 5.02 Å².